The van der Waals surface area contributed by atoms with E-state index in [1.165, 1.54) is 24.3 Å². The zero-order valence-electron chi connectivity index (χ0n) is 11.3. The first-order valence-corrected chi connectivity index (χ1v) is 6.03. The third kappa shape index (κ3) is 4.44. The van der Waals surface area contributed by atoms with Gasteiger partial charge in [-0.05, 0) is 24.3 Å². The van der Waals surface area contributed by atoms with Crippen LogP contribution in [0.2, 0.25) is 0 Å². The van der Waals surface area contributed by atoms with Crippen LogP contribution in [0.3, 0.4) is 0 Å². The van der Waals surface area contributed by atoms with E-state index in [9.17, 15) is 27.2 Å². The lowest BCUT2D eigenvalue weighted by Gasteiger charge is -2.15. The zero-order valence-corrected chi connectivity index (χ0v) is 11.3. The minimum atomic E-state index is -4.76. The molecule has 116 valence electrons. The van der Waals surface area contributed by atoms with Gasteiger partial charge in [-0.2, -0.15) is 8.78 Å². The van der Waals surface area contributed by atoms with E-state index < -0.39 is 18.3 Å². The summed E-state index contributed by atoms with van der Waals surface area (Å²) in [4.78, 5) is 22.4. The summed E-state index contributed by atoms with van der Waals surface area (Å²) in [5.41, 5.74) is 0.315. The molecule has 1 aromatic carbocycles. The SMILES string of the molecule is CC(C)C(=O)Nc1ccc(NC(=O)C(F)(F)C(F)F)cc1. The summed E-state index contributed by atoms with van der Waals surface area (Å²) >= 11 is 0. The fourth-order valence-electron chi connectivity index (χ4n) is 1.24. The van der Waals surface area contributed by atoms with Gasteiger partial charge >= 0.3 is 18.3 Å². The number of amides is 2. The Balaban J connectivity index is 2.71. The first kappa shape index (κ1) is 16.9. The molecular formula is C13H14F4N2O2. The third-order valence-electron chi connectivity index (χ3n) is 2.51. The molecule has 0 aliphatic heterocycles. The second kappa shape index (κ2) is 6.55. The fraction of sp³-hybridized carbons (Fsp3) is 0.385. The Hall–Kier alpha value is -2.12. The summed E-state index contributed by atoms with van der Waals surface area (Å²) in [6, 6.07) is 5.15. The summed E-state index contributed by atoms with van der Waals surface area (Å²) in [7, 11) is 0. The minimum absolute atomic E-state index is 0.0807. The van der Waals surface area contributed by atoms with Gasteiger partial charge in [-0.3, -0.25) is 9.59 Å². The van der Waals surface area contributed by atoms with Crippen LogP contribution in [0, 0.1) is 5.92 Å². The summed E-state index contributed by atoms with van der Waals surface area (Å²) in [6.45, 7) is 3.38. The first-order valence-electron chi connectivity index (χ1n) is 6.03. The number of alkyl halides is 4. The van der Waals surface area contributed by atoms with Crippen LogP contribution in [0.25, 0.3) is 0 Å². The highest BCUT2D eigenvalue weighted by Crippen LogP contribution is 2.25. The van der Waals surface area contributed by atoms with Gasteiger partial charge in [0.2, 0.25) is 5.91 Å². The molecule has 0 aliphatic rings. The maximum atomic E-state index is 12.7. The van der Waals surface area contributed by atoms with Gasteiger partial charge in [0.25, 0.3) is 0 Å². The van der Waals surface area contributed by atoms with Crippen molar-refractivity contribution in [3.05, 3.63) is 24.3 Å². The van der Waals surface area contributed by atoms with Gasteiger partial charge in [-0.25, -0.2) is 8.78 Å². The summed E-state index contributed by atoms with van der Waals surface area (Å²) < 4.78 is 49.5. The highest BCUT2D eigenvalue weighted by molar-refractivity contribution is 5.97. The summed E-state index contributed by atoms with van der Waals surface area (Å²) in [5, 5.41) is 4.24. The molecule has 0 saturated heterocycles. The normalized spacial score (nSPS) is 11.6. The lowest BCUT2D eigenvalue weighted by Crippen LogP contribution is -2.40. The van der Waals surface area contributed by atoms with Crippen LogP contribution in [-0.4, -0.2) is 24.2 Å². The average molecular weight is 306 g/mol. The second-order valence-electron chi connectivity index (χ2n) is 4.60. The van der Waals surface area contributed by atoms with Gasteiger partial charge in [0.15, 0.2) is 0 Å². The molecule has 0 fully saturated rings. The second-order valence-corrected chi connectivity index (χ2v) is 4.60. The number of halogens is 4. The number of hydrogen-bond acceptors (Lipinski definition) is 2. The molecule has 0 unspecified atom stereocenters. The van der Waals surface area contributed by atoms with Crippen molar-refractivity contribution in [2.24, 2.45) is 5.92 Å². The maximum Gasteiger partial charge on any atom is 0.383 e. The minimum Gasteiger partial charge on any atom is -0.326 e. The van der Waals surface area contributed by atoms with Gasteiger partial charge in [-0.15, -0.1) is 0 Å². The number of carbonyl (C=O) groups is 2. The molecule has 0 radical (unpaired) electrons. The highest BCUT2D eigenvalue weighted by Gasteiger charge is 2.48. The van der Waals surface area contributed by atoms with Crippen molar-refractivity contribution in [3.63, 3.8) is 0 Å². The predicted molar refractivity (Wildman–Crippen MR) is 69.5 cm³/mol. The third-order valence-corrected chi connectivity index (χ3v) is 2.51. The number of rotatable bonds is 5. The standard InChI is InChI=1S/C13H14F4N2O2/c1-7(2)10(20)18-8-3-5-9(6-4-8)19-12(21)13(16,17)11(14)15/h3-7,11H,1-2H3,(H,18,20)(H,19,21). The number of carbonyl (C=O) groups excluding carboxylic acids is 2. The number of anilines is 2. The van der Waals surface area contributed by atoms with Crippen molar-refractivity contribution >= 4 is 23.2 Å². The molecule has 1 rings (SSSR count). The number of hydrogen-bond donors (Lipinski definition) is 2. The topological polar surface area (TPSA) is 58.2 Å². The van der Waals surface area contributed by atoms with Gasteiger partial charge in [0.1, 0.15) is 0 Å². The number of benzene rings is 1. The molecule has 2 amide bonds. The van der Waals surface area contributed by atoms with Gasteiger partial charge in [0, 0.05) is 17.3 Å². The van der Waals surface area contributed by atoms with Gasteiger partial charge < -0.3 is 10.6 Å². The first-order chi connectivity index (χ1) is 9.64. The van der Waals surface area contributed by atoms with Crippen LogP contribution in [0.1, 0.15) is 13.8 Å². The van der Waals surface area contributed by atoms with E-state index in [0.717, 1.165) is 0 Å². The quantitative estimate of drug-likeness (QED) is 0.821. The molecule has 1 aromatic rings. The molecule has 0 bridgehead atoms. The zero-order chi connectivity index (χ0) is 16.2. The van der Waals surface area contributed by atoms with Crippen molar-refractivity contribution in [3.8, 4) is 0 Å². The van der Waals surface area contributed by atoms with Crippen LogP contribution < -0.4 is 10.6 Å². The van der Waals surface area contributed by atoms with Crippen molar-refractivity contribution in [1.82, 2.24) is 0 Å². The van der Waals surface area contributed by atoms with Crippen LogP contribution in [-0.2, 0) is 9.59 Å². The lowest BCUT2D eigenvalue weighted by atomic mass is 10.2. The van der Waals surface area contributed by atoms with Crippen LogP contribution in [0.4, 0.5) is 28.9 Å². The van der Waals surface area contributed by atoms with Crippen molar-refractivity contribution < 1.29 is 27.2 Å². The molecule has 4 nitrogen and oxygen atoms in total. The van der Waals surface area contributed by atoms with Gasteiger partial charge in [-0.1, -0.05) is 13.8 Å². The molecule has 2 N–H and O–H groups in total. The molecule has 0 saturated carbocycles. The predicted octanol–water partition coefficient (Wildman–Crippen LogP) is 3.12. The van der Waals surface area contributed by atoms with Crippen LogP contribution >= 0.6 is 0 Å². The molecular weight excluding hydrogens is 292 g/mol. The van der Waals surface area contributed by atoms with Crippen molar-refractivity contribution in [2.45, 2.75) is 26.2 Å². The van der Waals surface area contributed by atoms with E-state index in [-0.39, 0.29) is 17.5 Å². The van der Waals surface area contributed by atoms with Crippen LogP contribution in [0.5, 0.6) is 0 Å². The van der Waals surface area contributed by atoms with Crippen molar-refractivity contribution in [2.75, 3.05) is 10.6 Å². The van der Waals surface area contributed by atoms with E-state index in [4.69, 9.17) is 0 Å². The van der Waals surface area contributed by atoms with E-state index >= 15 is 0 Å². The largest absolute Gasteiger partial charge is 0.383 e. The molecule has 21 heavy (non-hydrogen) atoms. The Labute approximate surface area is 118 Å². The maximum absolute atomic E-state index is 12.7. The van der Waals surface area contributed by atoms with E-state index in [0.29, 0.717) is 5.69 Å². The Bertz CT molecular complexity index is 515. The lowest BCUT2D eigenvalue weighted by molar-refractivity contribution is -0.163. The molecule has 0 atom stereocenters. The van der Waals surface area contributed by atoms with E-state index in [2.05, 4.69) is 5.32 Å². The molecule has 0 heterocycles. The Morgan fingerprint density at radius 3 is 1.81 bits per heavy atom. The molecule has 8 heteroatoms. The average Bonchev–Trinajstić information content (AvgIpc) is 2.40. The summed E-state index contributed by atoms with van der Waals surface area (Å²) in [5.74, 6) is -7.33. The monoisotopic (exact) mass is 306 g/mol. The van der Waals surface area contributed by atoms with Crippen LogP contribution in [0.15, 0.2) is 24.3 Å². The molecule has 0 aliphatic carbocycles. The fourth-order valence-corrected chi connectivity index (χ4v) is 1.24. The summed E-state index contributed by atoms with van der Waals surface area (Å²) in [6.07, 6.45) is -4.08. The number of nitrogens with one attached hydrogen (secondary N) is 2. The Kier molecular flexibility index (Phi) is 5.28. The van der Waals surface area contributed by atoms with E-state index in [1.54, 1.807) is 19.2 Å². The highest BCUT2D eigenvalue weighted by atomic mass is 19.3. The Morgan fingerprint density at radius 1 is 1.00 bits per heavy atom. The van der Waals surface area contributed by atoms with Gasteiger partial charge in [0.05, 0.1) is 0 Å². The Morgan fingerprint density at radius 2 is 1.43 bits per heavy atom. The van der Waals surface area contributed by atoms with Crippen molar-refractivity contribution in [1.29, 1.82) is 0 Å². The van der Waals surface area contributed by atoms with E-state index in [1.807, 2.05) is 0 Å². The molecule has 0 aromatic heterocycles. The smallest absolute Gasteiger partial charge is 0.326 e. The molecule has 0 spiro atoms.